The Morgan fingerprint density at radius 2 is 2.09 bits per heavy atom. The molecule has 0 aliphatic carbocycles. The Morgan fingerprint density at radius 3 is 2.77 bits per heavy atom. The molecule has 1 aliphatic heterocycles. The maximum absolute atomic E-state index is 12.2. The number of amides is 1. The topological polar surface area (TPSA) is 76.1 Å². The predicted molar refractivity (Wildman–Crippen MR) is 80.1 cm³/mol. The molecule has 6 nitrogen and oxygen atoms in total. The Bertz CT molecular complexity index is 564. The lowest BCUT2D eigenvalue weighted by Gasteiger charge is -2.26. The molecule has 1 N–H and O–H groups in total. The van der Waals surface area contributed by atoms with Gasteiger partial charge < -0.3 is 19.5 Å². The van der Waals surface area contributed by atoms with E-state index in [4.69, 9.17) is 9.47 Å². The summed E-state index contributed by atoms with van der Waals surface area (Å²) in [5, 5.41) is 10.1. The van der Waals surface area contributed by atoms with Crippen LogP contribution < -0.4 is 4.74 Å². The molecule has 118 valence electrons. The highest BCUT2D eigenvalue weighted by molar-refractivity contribution is 6.09. The molecule has 0 bridgehead atoms. The van der Waals surface area contributed by atoms with Gasteiger partial charge in [-0.2, -0.15) is 0 Å². The molecule has 0 radical (unpaired) electrons. The first kappa shape index (κ1) is 16.0. The van der Waals surface area contributed by atoms with Crippen molar-refractivity contribution in [3.05, 3.63) is 36.4 Å². The Balaban J connectivity index is 2.05. The average molecular weight is 305 g/mol. The van der Waals surface area contributed by atoms with Gasteiger partial charge in [-0.25, -0.2) is 0 Å². The molecule has 1 aromatic carbocycles. The van der Waals surface area contributed by atoms with E-state index < -0.39 is 5.78 Å². The van der Waals surface area contributed by atoms with Gasteiger partial charge in [-0.1, -0.05) is 18.7 Å². The molecule has 1 saturated heterocycles. The van der Waals surface area contributed by atoms with Crippen molar-refractivity contribution in [2.24, 2.45) is 0 Å². The van der Waals surface area contributed by atoms with Gasteiger partial charge in [0.05, 0.1) is 25.2 Å². The monoisotopic (exact) mass is 305 g/mol. The maximum atomic E-state index is 12.2. The summed E-state index contributed by atoms with van der Waals surface area (Å²) in [5.41, 5.74) is 0.0863. The summed E-state index contributed by atoms with van der Waals surface area (Å²) in [5.74, 6) is -0.739. The van der Waals surface area contributed by atoms with Crippen molar-refractivity contribution >= 4 is 11.7 Å². The number of benzene rings is 1. The minimum absolute atomic E-state index is 0.0863. The number of aromatic hydroxyl groups is 1. The van der Waals surface area contributed by atoms with E-state index in [1.165, 1.54) is 12.1 Å². The van der Waals surface area contributed by atoms with Gasteiger partial charge in [0.25, 0.3) is 0 Å². The summed E-state index contributed by atoms with van der Waals surface area (Å²) in [6.07, 6.45) is 1.26. The van der Waals surface area contributed by atoms with Crippen LogP contribution in [0.1, 0.15) is 16.8 Å². The molecule has 0 spiro atoms. The molecular formula is C16H19NO5. The molecule has 1 heterocycles. The molecule has 0 atom stereocenters. The van der Waals surface area contributed by atoms with E-state index in [1.54, 1.807) is 17.0 Å². The number of phenolic OH excluding ortho intramolecular Hbond substituents is 1. The van der Waals surface area contributed by atoms with Crippen molar-refractivity contribution in [3.63, 3.8) is 0 Å². The van der Waals surface area contributed by atoms with E-state index in [9.17, 15) is 14.7 Å². The second-order valence-electron chi connectivity index (χ2n) is 4.85. The minimum atomic E-state index is -0.432. The van der Waals surface area contributed by atoms with Gasteiger partial charge in [-0.3, -0.25) is 9.59 Å². The van der Waals surface area contributed by atoms with Crippen molar-refractivity contribution in [1.82, 2.24) is 4.90 Å². The SMILES string of the molecule is C=CCOc1cccc(C(=O)CC(=O)N2CCOCC2)c1O. The number of nitrogens with zero attached hydrogens (tertiary/aromatic N) is 1. The van der Waals surface area contributed by atoms with Crippen LogP contribution in [-0.2, 0) is 9.53 Å². The zero-order valence-corrected chi connectivity index (χ0v) is 12.3. The smallest absolute Gasteiger partial charge is 0.230 e. The third-order valence-electron chi connectivity index (χ3n) is 3.33. The molecule has 0 saturated carbocycles. The molecule has 0 unspecified atom stereocenters. The number of Topliss-reactive ketones (excluding diaryl/α,β-unsaturated/α-hetero) is 1. The Morgan fingerprint density at radius 1 is 1.36 bits per heavy atom. The predicted octanol–water partition coefficient (Wildman–Crippen LogP) is 1.39. The standard InChI is InChI=1S/C16H19NO5/c1-2-8-22-14-5-3-4-12(16(14)20)13(18)11-15(19)17-6-9-21-10-7-17/h2-5,20H,1,6-11H2. The summed E-state index contributed by atoms with van der Waals surface area (Å²) in [6, 6.07) is 4.63. The van der Waals surface area contributed by atoms with E-state index in [0.29, 0.717) is 26.3 Å². The Kier molecular flexibility index (Phi) is 5.55. The summed E-state index contributed by atoms with van der Waals surface area (Å²) in [4.78, 5) is 25.9. The Labute approximate surface area is 128 Å². The number of carbonyl (C=O) groups excluding carboxylic acids is 2. The third-order valence-corrected chi connectivity index (χ3v) is 3.33. The number of para-hydroxylation sites is 1. The first-order valence-corrected chi connectivity index (χ1v) is 7.08. The van der Waals surface area contributed by atoms with Crippen LogP contribution in [0.4, 0.5) is 0 Å². The van der Waals surface area contributed by atoms with Crippen LogP contribution in [0.3, 0.4) is 0 Å². The van der Waals surface area contributed by atoms with Gasteiger partial charge in [-0.15, -0.1) is 0 Å². The highest BCUT2D eigenvalue weighted by Gasteiger charge is 2.22. The van der Waals surface area contributed by atoms with Crippen LogP contribution in [0.2, 0.25) is 0 Å². The van der Waals surface area contributed by atoms with Crippen molar-refractivity contribution < 1.29 is 24.2 Å². The van der Waals surface area contributed by atoms with Crippen LogP contribution in [0, 0.1) is 0 Å². The van der Waals surface area contributed by atoms with Crippen LogP contribution in [0.5, 0.6) is 11.5 Å². The number of ketones is 1. The fourth-order valence-electron chi connectivity index (χ4n) is 2.17. The van der Waals surface area contributed by atoms with Crippen molar-refractivity contribution in [2.45, 2.75) is 6.42 Å². The van der Waals surface area contributed by atoms with Gasteiger partial charge >= 0.3 is 0 Å². The highest BCUT2D eigenvalue weighted by atomic mass is 16.5. The van der Waals surface area contributed by atoms with Crippen LogP contribution >= 0.6 is 0 Å². The summed E-state index contributed by atoms with van der Waals surface area (Å²) >= 11 is 0. The first-order chi connectivity index (χ1) is 10.6. The lowest BCUT2D eigenvalue weighted by molar-refractivity contribution is -0.134. The zero-order valence-electron chi connectivity index (χ0n) is 12.3. The summed E-state index contributed by atoms with van der Waals surface area (Å²) in [6.45, 7) is 5.68. The van der Waals surface area contributed by atoms with Crippen LogP contribution in [-0.4, -0.2) is 54.6 Å². The summed E-state index contributed by atoms with van der Waals surface area (Å²) in [7, 11) is 0. The molecule has 1 fully saturated rings. The van der Waals surface area contributed by atoms with E-state index >= 15 is 0 Å². The fourth-order valence-corrected chi connectivity index (χ4v) is 2.17. The van der Waals surface area contributed by atoms with Crippen LogP contribution in [0.25, 0.3) is 0 Å². The zero-order chi connectivity index (χ0) is 15.9. The molecule has 1 aliphatic rings. The van der Waals surface area contributed by atoms with Gasteiger partial charge in [0, 0.05) is 13.1 Å². The molecule has 2 rings (SSSR count). The normalized spacial score (nSPS) is 14.5. The van der Waals surface area contributed by atoms with Gasteiger partial charge in [-0.05, 0) is 12.1 Å². The molecular weight excluding hydrogens is 286 g/mol. The Hall–Kier alpha value is -2.34. The van der Waals surface area contributed by atoms with Crippen LogP contribution in [0.15, 0.2) is 30.9 Å². The van der Waals surface area contributed by atoms with Crippen molar-refractivity contribution in [2.75, 3.05) is 32.9 Å². The largest absolute Gasteiger partial charge is 0.504 e. The molecule has 6 heteroatoms. The number of morpholine rings is 1. The lowest BCUT2D eigenvalue weighted by atomic mass is 10.1. The number of rotatable bonds is 6. The number of hydrogen-bond acceptors (Lipinski definition) is 5. The number of carbonyl (C=O) groups is 2. The quantitative estimate of drug-likeness (QED) is 0.488. The van der Waals surface area contributed by atoms with E-state index in [1.807, 2.05) is 0 Å². The lowest BCUT2D eigenvalue weighted by Crippen LogP contribution is -2.41. The summed E-state index contributed by atoms with van der Waals surface area (Å²) < 4.78 is 10.4. The van der Waals surface area contributed by atoms with E-state index in [2.05, 4.69) is 6.58 Å². The van der Waals surface area contributed by atoms with Crippen molar-refractivity contribution in [1.29, 1.82) is 0 Å². The average Bonchev–Trinajstić information content (AvgIpc) is 2.54. The highest BCUT2D eigenvalue weighted by Crippen LogP contribution is 2.30. The molecule has 22 heavy (non-hydrogen) atoms. The molecule has 1 amide bonds. The van der Waals surface area contributed by atoms with Crippen molar-refractivity contribution in [3.8, 4) is 11.5 Å². The van der Waals surface area contributed by atoms with Gasteiger partial charge in [0.2, 0.25) is 5.91 Å². The number of hydrogen-bond donors (Lipinski definition) is 1. The second-order valence-corrected chi connectivity index (χ2v) is 4.85. The first-order valence-electron chi connectivity index (χ1n) is 7.08. The minimum Gasteiger partial charge on any atom is -0.504 e. The fraction of sp³-hybridized carbons (Fsp3) is 0.375. The second kappa shape index (κ2) is 7.61. The van der Waals surface area contributed by atoms with Gasteiger partial charge in [0.1, 0.15) is 6.61 Å². The number of ether oxygens (including phenoxy) is 2. The van der Waals surface area contributed by atoms with E-state index in [0.717, 1.165) is 0 Å². The molecule has 0 aromatic heterocycles. The van der Waals surface area contributed by atoms with E-state index in [-0.39, 0.29) is 36.0 Å². The molecule has 1 aromatic rings. The third kappa shape index (κ3) is 3.85. The van der Waals surface area contributed by atoms with Gasteiger partial charge in [0.15, 0.2) is 17.3 Å². The number of phenols is 1. The maximum Gasteiger partial charge on any atom is 0.230 e.